The van der Waals surface area contributed by atoms with Crippen LogP contribution in [0.2, 0.25) is 0 Å². The molecule has 0 radical (unpaired) electrons. The van der Waals surface area contributed by atoms with Crippen molar-refractivity contribution in [2.75, 3.05) is 24.2 Å². The van der Waals surface area contributed by atoms with Gasteiger partial charge in [0.2, 0.25) is 10.0 Å². The van der Waals surface area contributed by atoms with E-state index in [4.69, 9.17) is 4.74 Å². The van der Waals surface area contributed by atoms with Crippen LogP contribution in [0.25, 0.3) is 22.0 Å². The highest BCUT2D eigenvalue weighted by Gasteiger charge is 2.20. The largest absolute Gasteiger partial charge is 0.493 e. The Kier molecular flexibility index (Phi) is 8.15. The lowest BCUT2D eigenvalue weighted by atomic mass is 10.0. The molecule has 4 N–H and O–H groups in total. The number of rotatable bonds is 11. The average molecular weight is 522 g/mol. The molecular weight excluding hydrogens is 490 g/mol. The van der Waals surface area contributed by atoms with E-state index in [1.807, 2.05) is 49.5 Å². The van der Waals surface area contributed by atoms with Crippen LogP contribution in [0.15, 0.2) is 72.9 Å². The van der Waals surface area contributed by atoms with E-state index in [2.05, 4.69) is 15.0 Å². The van der Waals surface area contributed by atoms with Gasteiger partial charge in [0.25, 0.3) is 5.91 Å². The molecule has 0 aliphatic rings. The van der Waals surface area contributed by atoms with Gasteiger partial charge in [0, 0.05) is 22.8 Å². The molecule has 1 heterocycles. The van der Waals surface area contributed by atoms with Gasteiger partial charge in [-0.2, -0.15) is 0 Å². The van der Waals surface area contributed by atoms with Crippen molar-refractivity contribution in [2.24, 2.45) is 0 Å². The van der Waals surface area contributed by atoms with Gasteiger partial charge in [-0.1, -0.05) is 43.3 Å². The molecule has 8 nitrogen and oxygen atoms in total. The monoisotopic (exact) mass is 521 g/mol. The first kappa shape index (κ1) is 26.2. The van der Waals surface area contributed by atoms with Crippen LogP contribution in [0.4, 0.5) is 5.69 Å². The third-order valence-corrected chi connectivity index (χ3v) is 6.49. The lowest BCUT2D eigenvalue weighted by Crippen LogP contribution is -2.39. The molecule has 0 saturated carbocycles. The van der Waals surface area contributed by atoms with E-state index in [1.165, 1.54) is 0 Å². The van der Waals surface area contributed by atoms with Gasteiger partial charge in [0.1, 0.15) is 5.75 Å². The number of aromatic nitrogens is 1. The summed E-state index contributed by atoms with van der Waals surface area (Å²) in [7, 11) is -3.43. The smallest absolute Gasteiger partial charge is 0.255 e. The summed E-state index contributed by atoms with van der Waals surface area (Å²) in [4.78, 5) is 16.6. The van der Waals surface area contributed by atoms with E-state index in [1.54, 1.807) is 30.3 Å². The van der Waals surface area contributed by atoms with Crippen LogP contribution < -0.4 is 14.8 Å². The molecule has 194 valence electrons. The number of H-pyrrole nitrogens is 1. The number of anilines is 1. The third kappa shape index (κ3) is 6.69. The summed E-state index contributed by atoms with van der Waals surface area (Å²) in [5, 5.41) is 14.0. The van der Waals surface area contributed by atoms with Gasteiger partial charge in [-0.05, 0) is 59.9 Å². The minimum Gasteiger partial charge on any atom is -0.493 e. The highest BCUT2D eigenvalue weighted by Crippen LogP contribution is 2.29. The van der Waals surface area contributed by atoms with Gasteiger partial charge in [0.05, 0.1) is 31.1 Å². The van der Waals surface area contributed by atoms with Gasteiger partial charge in [-0.25, -0.2) is 8.42 Å². The molecule has 0 aliphatic carbocycles. The van der Waals surface area contributed by atoms with Gasteiger partial charge in [-0.15, -0.1) is 0 Å². The molecule has 3 aromatic carbocycles. The number of aliphatic hydroxyl groups excluding tert-OH is 1. The van der Waals surface area contributed by atoms with Crippen LogP contribution in [0.5, 0.6) is 5.75 Å². The maximum atomic E-state index is 13.4. The van der Waals surface area contributed by atoms with Crippen molar-refractivity contribution in [2.45, 2.75) is 25.8 Å². The molecule has 37 heavy (non-hydrogen) atoms. The van der Waals surface area contributed by atoms with Crippen LogP contribution in [0.1, 0.15) is 29.3 Å². The van der Waals surface area contributed by atoms with Crippen molar-refractivity contribution in [1.82, 2.24) is 10.3 Å². The Bertz CT molecular complexity index is 1500. The Morgan fingerprint density at radius 3 is 2.59 bits per heavy atom. The first-order valence-corrected chi connectivity index (χ1v) is 14.0. The first-order chi connectivity index (χ1) is 17.8. The summed E-state index contributed by atoms with van der Waals surface area (Å²) >= 11 is 0. The number of sulfonamides is 1. The predicted octanol–water partition coefficient (Wildman–Crippen LogP) is 4.33. The fourth-order valence-corrected chi connectivity index (χ4v) is 4.75. The third-order valence-electron chi connectivity index (χ3n) is 5.88. The molecule has 9 heteroatoms. The lowest BCUT2D eigenvalue weighted by Gasteiger charge is -2.18. The molecule has 1 aromatic heterocycles. The van der Waals surface area contributed by atoms with Crippen molar-refractivity contribution in [3.05, 3.63) is 84.1 Å². The second kappa shape index (κ2) is 11.5. The molecule has 0 spiro atoms. The van der Waals surface area contributed by atoms with Gasteiger partial charge in [0.15, 0.2) is 0 Å². The van der Waals surface area contributed by atoms with Gasteiger partial charge < -0.3 is 20.1 Å². The second-order valence-electron chi connectivity index (χ2n) is 8.93. The van der Waals surface area contributed by atoms with E-state index < -0.39 is 16.1 Å². The SMILES string of the molecule is CCCOc1ccc(-c2cccc(NS(C)(=O)=O)c2)cc1C(=O)N[C@@H](CO)Cc1c[nH]c2ccccc12. The van der Waals surface area contributed by atoms with Crippen molar-refractivity contribution in [1.29, 1.82) is 0 Å². The number of para-hydroxylation sites is 1. The van der Waals surface area contributed by atoms with Crippen LogP contribution in [-0.4, -0.2) is 49.9 Å². The second-order valence-corrected chi connectivity index (χ2v) is 10.7. The Balaban J connectivity index is 1.61. The summed E-state index contributed by atoms with van der Waals surface area (Å²) in [6, 6.07) is 19.6. The summed E-state index contributed by atoms with van der Waals surface area (Å²) < 4.78 is 31.6. The number of carbonyl (C=O) groups excluding carboxylic acids is 1. The average Bonchev–Trinajstić information content (AvgIpc) is 3.28. The molecule has 4 aromatic rings. The highest BCUT2D eigenvalue weighted by molar-refractivity contribution is 7.92. The molecule has 0 bridgehead atoms. The highest BCUT2D eigenvalue weighted by atomic mass is 32.2. The Morgan fingerprint density at radius 1 is 1.05 bits per heavy atom. The number of hydrogen-bond acceptors (Lipinski definition) is 5. The summed E-state index contributed by atoms with van der Waals surface area (Å²) in [6.07, 6.45) is 4.22. The molecule has 4 rings (SSSR count). The number of carbonyl (C=O) groups is 1. The number of benzene rings is 3. The summed E-state index contributed by atoms with van der Waals surface area (Å²) in [5.74, 6) is 0.0783. The number of aromatic amines is 1. The van der Waals surface area contributed by atoms with E-state index in [0.29, 0.717) is 30.0 Å². The minimum absolute atomic E-state index is 0.227. The summed E-state index contributed by atoms with van der Waals surface area (Å²) in [6.45, 7) is 2.21. The Morgan fingerprint density at radius 2 is 1.84 bits per heavy atom. The van der Waals surface area contributed by atoms with Crippen molar-refractivity contribution >= 4 is 32.5 Å². The maximum Gasteiger partial charge on any atom is 0.255 e. The summed E-state index contributed by atoms with van der Waals surface area (Å²) in [5.41, 5.74) is 4.23. The van der Waals surface area contributed by atoms with E-state index in [-0.39, 0.29) is 12.5 Å². The fraction of sp³-hybridized carbons (Fsp3) is 0.250. The zero-order valence-electron chi connectivity index (χ0n) is 20.8. The van der Waals surface area contributed by atoms with Gasteiger partial charge >= 0.3 is 0 Å². The molecule has 0 aliphatic heterocycles. The predicted molar refractivity (Wildman–Crippen MR) is 146 cm³/mol. The fourth-order valence-electron chi connectivity index (χ4n) is 4.19. The molecule has 1 amide bonds. The van der Waals surface area contributed by atoms with Gasteiger partial charge in [-0.3, -0.25) is 9.52 Å². The lowest BCUT2D eigenvalue weighted by molar-refractivity contribution is 0.0912. The topological polar surface area (TPSA) is 121 Å². The van der Waals surface area contributed by atoms with E-state index >= 15 is 0 Å². The molecule has 0 fully saturated rings. The number of amides is 1. The van der Waals surface area contributed by atoms with Crippen LogP contribution in [-0.2, 0) is 16.4 Å². The standard InChI is InChI=1S/C28H31N3O5S/c1-3-13-36-27-12-11-20(19-7-6-8-22(14-19)31-37(2,34)35)16-25(27)28(33)30-23(18-32)15-21-17-29-26-10-5-4-9-24(21)26/h4-12,14,16-17,23,29,31-32H,3,13,15,18H2,1-2H3,(H,30,33)/t23-/m1/s1. The van der Waals surface area contributed by atoms with Crippen LogP contribution in [0.3, 0.4) is 0 Å². The first-order valence-electron chi connectivity index (χ1n) is 12.1. The van der Waals surface area contributed by atoms with Crippen molar-refractivity contribution in [3.63, 3.8) is 0 Å². The normalized spacial score (nSPS) is 12.3. The van der Waals surface area contributed by atoms with Crippen LogP contribution in [0, 0.1) is 0 Å². The zero-order valence-corrected chi connectivity index (χ0v) is 21.6. The van der Waals surface area contributed by atoms with Crippen LogP contribution >= 0.6 is 0 Å². The minimum atomic E-state index is -3.43. The molecular formula is C28H31N3O5S. The number of hydrogen-bond donors (Lipinski definition) is 4. The zero-order chi connectivity index (χ0) is 26.4. The van der Waals surface area contributed by atoms with E-state index in [0.717, 1.165) is 40.3 Å². The Hall–Kier alpha value is -3.82. The maximum absolute atomic E-state index is 13.4. The Labute approximate surface area is 216 Å². The van der Waals surface area contributed by atoms with Crippen molar-refractivity contribution < 1.29 is 23.1 Å². The quantitative estimate of drug-likeness (QED) is 0.234. The molecule has 0 unspecified atom stereocenters. The number of fused-ring (bicyclic) bond motifs is 1. The number of aliphatic hydroxyl groups is 1. The molecule has 0 saturated heterocycles. The number of ether oxygens (including phenoxy) is 1. The van der Waals surface area contributed by atoms with Crippen molar-refractivity contribution in [3.8, 4) is 16.9 Å². The number of nitrogens with one attached hydrogen (secondary N) is 3. The molecule has 1 atom stereocenters. The van der Waals surface area contributed by atoms with E-state index in [9.17, 15) is 18.3 Å².